The fourth-order valence-corrected chi connectivity index (χ4v) is 3.35. The Hall–Kier alpha value is -2.77. The van der Waals surface area contributed by atoms with E-state index in [-0.39, 0.29) is 19.3 Å². The third-order valence-electron chi connectivity index (χ3n) is 4.78. The molecule has 8 heteroatoms. The molecule has 1 radical (unpaired) electrons. The summed E-state index contributed by atoms with van der Waals surface area (Å²) in [7, 11) is 2.04. The highest BCUT2D eigenvalue weighted by Gasteiger charge is 2.33. The van der Waals surface area contributed by atoms with Crippen LogP contribution >= 0.6 is 0 Å². The zero-order chi connectivity index (χ0) is 17.6. The fraction of sp³-hybridized carbons (Fsp3) is 0.353. The molecule has 1 aromatic rings. The highest BCUT2D eigenvalue weighted by molar-refractivity contribution is 6.33. The minimum Gasteiger partial charge on any atom is -0.395 e. The Morgan fingerprint density at radius 1 is 1.28 bits per heavy atom. The smallest absolute Gasteiger partial charge is 0.395 e. The molecule has 0 atom stereocenters. The lowest BCUT2D eigenvalue weighted by molar-refractivity contribution is -0.197. The lowest BCUT2D eigenvalue weighted by Gasteiger charge is -2.25. The van der Waals surface area contributed by atoms with Crippen LogP contribution in [0.5, 0.6) is 0 Å². The van der Waals surface area contributed by atoms with Crippen LogP contribution in [0.25, 0.3) is 6.08 Å². The lowest BCUT2D eigenvalue weighted by atomic mass is 10.0. The monoisotopic (exact) mass is 338 g/mol. The Balaban J connectivity index is 1.39. The highest BCUT2D eigenvalue weighted by Crippen LogP contribution is 2.33. The molecular weight excluding hydrogens is 321 g/mol. The van der Waals surface area contributed by atoms with Crippen molar-refractivity contribution in [2.75, 3.05) is 6.54 Å². The highest BCUT2D eigenvalue weighted by atomic mass is 16.7. The topological polar surface area (TPSA) is 71.8 Å². The second-order valence-corrected chi connectivity index (χ2v) is 6.39. The molecule has 25 heavy (non-hydrogen) atoms. The molecule has 0 saturated carbocycles. The van der Waals surface area contributed by atoms with Gasteiger partial charge in [0.25, 0.3) is 11.8 Å². The van der Waals surface area contributed by atoms with Gasteiger partial charge in [0.05, 0.1) is 6.42 Å². The number of hydrogen-bond donors (Lipinski definition) is 0. The molecule has 2 amide bonds. The number of nitrogens with zero attached hydrogens (tertiary/aromatic N) is 3. The van der Waals surface area contributed by atoms with Crippen LogP contribution in [-0.2, 0) is 19.2 Å². The molecule has 7 nitrogen and oxygen atoms in total. The first kappa shape index (κ1) is 15.7. The van der Waals surface area contributed by atoms with Gasteiger partial charge in [-0.3, -0.25) is 9.59 Å². The molecule has 3 aliphatic rings. The average Bonchev–Trinajstić information content (AvgIpc) is 3.25. The van der Waals surface area contributed by atoms with E-state index in [1.54, 1.807) is 0 Å². The maximum Gasteiger partial charge on any atom is 0.396 e. The molecule has 3 aliphatic heterocycles. The third-order valence-corrected chi connectivity index (χ3v) is 4.78. The summed E-state index contributed by atoms with van der Waals surface area (Å²) in [4.78, 5) is 42.0. The molecule has 4 heterocycles. The van der Waals surface area contributed by atoms with Crippen molar-refractivity contribution in [2.24, 2.45) is 0 Å². The number of hydroxylamine groups is 2. The molecule has 4 rings (SSSR count). The zero-order valence-electron chi connectivity index (χ0n) is 13.9. The van der Waals surface area contributed by atoms with Gasteiger partial charge in [-0.25, -0.2) is 4.79 Å². The van der Waals surface area contributed by atoms with Crippen LogP contribution in [0, 0.1) is 0 Å². The Labute approximate surface area is 145 Å². The molecule has 1 aromatic heterocycles. The van der Waals surface area contributed by atoms with Crippen molar-refractivity contribution in [1.82, 2.24) is 14.4 Å². The van der Waals surface area contributed by atoms with Crippen LogP contribution in [-0.4, -0.2) is 46.2 Å². The normalized spacial score (nSPS) is 19.0. The van der Waals surface area contributed by atoms with Gasteiger partial charge in [-0.05, 0) is 48.9 Å². The predicted octanol–water partition coefficient (Wildman–Crippen LogP) is 1.24. The first-order chi connectivity index (χ1) is 12.0. The van der Waals surface area contributed by atoms with E-state index < -0.39 is 17.8 Å². The van der Waals surface area contributed by atoms with Gasteiger partial charge in [0, 0.05) is 30.8 Å². The molecule has 0 bridgehead atoms. The van der Waals surface area contributed by atoms with E-state index in [2.05, 4.69) is 15.4 Å². The third kappa shape index (κ3) is 2.77. The second kappa shape index (κ2) is 5.95. The number of fused-ring (bicyclic) bond motifs is 2. The molecule has 0 N–H and O–H groups in total. The number of imide groups is 1. The first-order valence-electron chi connectivity index (χ1n) is 8.28. The summed E-state index contributed by atoms with van der Waals surface area (Å²) in [5.74, 6) is -1.46. The van der Waals surface area contributed by atoms with Crippen molar-refractivity contribution in [1.29, 1.82) is 0 Å². The van der Waals surface area contributed by atoms with Crippen molar-refractivity contribution in [3.05, 3.63) is 40.9 Å². The van der Waals surface area contributed by atoms with E-state index >= 15 is 0 Å². The number of carbonyl (C=O) groups is 3. The van der Waals surface area contributed by atoms with Gasteiger partial charge in [0.15, 0.2) is 0 Å². The van der Waals surface area contributed by atoms with E-state index in [0.717, 1.165) is 29.1 Å². The summed E-state index contributed by atoms with van der Waals surface area (Å²) in [6, 6.07) is 4.05. The van der Waals surface area contributed by atoms with Crippen molar-refractivity contribution in [3.63, 3.8) is 0 Å². The predicted molar refractivity (Wildman–Crippen MR) is 89.4 cm³/mol. The Kier molecular flexibility index (Phi) is 3.75. The van der Waals surface area contributed by atoms with Gasteiger partial charge in [0.1, 0.15) is 0 Å². The van der Waals surface area contributed by atoms with Gasteiger partial charge in [0.2, 0.25) is 0 Å². The Morgan fingerprint density at radius 3 is 2.80 bits per heavy atom. The standard InChI is InChI=1S/C17H17BN3O4/c1-11-12(4-7-17(24)25-21-15(22)5-6-16(21)23)10-20-14(11)9-13-3-2-8-19(13)18-20/h2-3,8-9H,4-7,10H2,1H3. The lowest BCUT2D eigenvalue weighted by Crippen LogP contribution is -2.33. The van der Waals surface area contributed by atoms with E-state index in [9.17, 15) is 14.4 Å². The summed E-state index contributed by atoms with van der Waals surface area (Å²) < 4.78 is 2.05. The maximum absolute atomic E-state index is 12.0. The number of carbonyl (C=O) groups excluding carboxylic acids is 3. The van der Waals surface area contributed by atoms with E-state index in [1.807, 2.05) is 32.8 Å². The average molecular weight is 338 g/mol. The second-order valence-electron chi connectivity index (χ2n) is 6.39. The van der Waals surface area contributed by atoms with Gasteiger partial charge >= 0.3 is 13.5 Å². The van der Waals surface area contributed by atoms with Crippen molar-refractivity contribution < 1.29 is 19.2 Å². The summed E-state index contributed by atoms with van der Waals surface area (Å²) in [5, 5.41) is 0.602. The van der Waals surface area contributed by atoms with Crippen molar-refractivity contribution >= 4 is 31.4 Å². The van der Waals surface area contributed by atoms with Crippen LogP contribution in [0.3, 0.4) is 0 Å². The molecule has 0 aromatic carbocycles. The maximum atomic E-state index is 12.0. The molecule has 0 spiro atoms. The number of rotatable bonds is 4. The van der Waals surface area contributed by atoms with Gasteiger partial charge in [-0.15, -0.1) is 5.06 Å². The van der Waals surface area contributed by atoms with Crippen LogP contribution in [0.1, 0.15) is 38.3 Å². The molecular formula is C17H17BN3O4. The minimum absolute atomic E-state index is 0.107. The van der Waals surface area contributed by atoms with Crippen LogP contribution in [0.2, 0.25) is 0 Å². The van der Waals surface area contributed by atoms with Gasteiger partial charge < -0.3 is 14.1 Å². The van der Waals surface area contributed by atoms with E-state index in [4.69, 9.17) is 4.84 Å². The largest absolute Gasteiger partial charge is 0.396 e. The number of aromatic nitrogens is 1. The van der Waals surface area contributed by atoms with Crippen LogP contribution < -0.4 is 0 Å². The molecule has 0 aliphatic carbocycles. The fourth-order valence-electron chi connectivity index (χ4n) is 3.35. The summed E-state index contributed by atoms with van der Waals surface area (Å²) >= 11 is 0. The van der Waals surface area contributed by atoms with E-state index in [0.29, 0.717) is 11.5 Å². The molecule has 1 saturated heterocycles. The minimum atomic E-state index is -0.557. The summed E-state index contributed by atoms with van der Waals surface area (Å²) in [6.07, 6.45) is 5.01. The van der Waals surface area contributed by atoms with E-state index in [1.165, 1.54) is 0 Å². The van der Waals surface area contributed by atoms with Crippen molar-refractivity contribution in [2.45, 2.75) is 32.6 Å². The number of allylic oxidation sites excluding steroid dienone is 1. The summed E-state index contributed by atoms with van der Waals surface area (Å²) in [5.41, 5.74) is 4.57. The van der Waals surface area contributed by atoms with Crippen molar-refractivity contribution in [3.8, 4) is 0 Å². The summed E-state index contributed by atoms with van der Waals surface area (Å²) in [6.45, 7) is 2.77. The first-order valence-corrected chi connectivity index (χ1v) is 8.28. The quantitative estimate of drug-likeness (QED) is 0.610. The zero-order valence-corrected chi connectivity index (χ0v) is 13.9. The SMILES string of the molecule is CC1=C(CCC(=O)ON2C(=O)CCC2=O)CN2[B]n3cccc3C=C12. The molecule has 127 valence electrons. The number of amides is 2. The Bertz CT molecular complexity index is 823. The number of hydrogen-bond acceptors (Lipinski definition) is 5. The van der Waals surface area contributed by atoms with Crippen LogP contribution in [0.4, 0.5) is 0 Å². The van der Waals surface area contributed by atoms with Gasteiger partial charge in [-0.2, -0.15) is 0 Å². The Morgan fingerprint density at radius 2 is 2.04 bits per heavy atom. The van der Waals surface area contributed by atoms with Gasteiger partial charge in [-0.1, -0.05) is 0 Å². The molecule has 0 unspecified atom stereocenters. The van der Waals surface area contributed by atoms with Crippen LogP contribution in [0.15, 0.2) is 35.2 Å². The molecule has 1 fully saturated rings.